The van der Waals surface area contributed by atoms with E-state index in [9.17, 15) is 13.6 Å². The standard InChI is InChI=1S/C20H22F2N4O.HI/c1-23-19(24-12-18(27)26-17-7-3-6-16(22)11-17)25-13-20(8-9-20)14-4-2-5-15(21)10-14;/h2-7,10-11H,8-9,12-13H2,1H3,(H,26,27)(H2,23,24,25);1H. The number of halogens is 3. The highest BCUT2D eigenvalue weighted by atomic mass is 127. The number of carbonyl (C=O) groups excluding carboxylic acids is 1. The molecule has 0 aromatic heterocycles. The quantitative estimate of drug-likeness (QED) is 0.324. The summed E-state index contributed by atoms with van der Waals surface area (Å²) in [5.74, 6) is -0.484. The van der Waals surface area contributed by atoms with Crippen LogP contribution < -0.4 is 16.0 Å². The maximum Gasteiger partial charge on any atom is 0.243 e. The first-order valence-corrected chi connectivity index (χ1v) is 8.77. The van der Waals surface area contributed by atoms with E-state index in [-0.39, 0.29) is 47.7 Å². The van der Waals surface area contributed by atoms with Gasteiger partial charge in [0, 0.05) is 24.7 Å². The lowest BCUT2D eigenvalue weighted by Crippen LogP contribution is -2.44. The van der Waals surface area contributed by atoms with Crippen LogP contribution in [-0.2, 0) is 10.2 Å². The summed E-state index contributed by atoms with van der Waals surface area (Å²) in [7, 11) is 1.61. The lowest BCUT2D eigenvalue weighted by atomic mass is 9.96. The van der Waals surface area contributed by atoms with E-state index >= 15 is 0 Å². The summed E-state index contributed by atoms with van der Waals surface area (Å²) in [6.45, 7) is 0.588. The lowest BCUT2D eigenvalue weighted by molar-refractivity contribution is -0.115. The Morgan fingerprint density at radius 1 is 1.07 bits per heavy atom. The fourth-order valence-corrected chi connectivity index (χ4v) is 2.95. The minimum Gasteiger partial charge on any atom is -0.356 e. The predicted octanol–water partition coefficient (Wildman–Crippen LogP) is 3.42. The number of hydrogen-bond acceptors (Lipinski definition) is 2. The molecule has 1 amide bonds. The van der Waals surface area contributed by atoms with Crippen molar-refractivity contribution in [1.82, 2.24) is 10.6 Å². The van der Waals surface area contributed by atoms with Gasteiger partial charge in [-0.1, -0.05) is 18.2 Å². The Balaban J connectivity index is 0.00000280. The zero-order valence-electron chi connectivity index (χ0n) is 15.5. The van der Waals surface area contributed by atoms with Gasteiger partial charge in [0.05, 0.1) is 6.54 Å². The third-order valence-electron chi connectivity index (χ3n) is 4.63. The molecular weight excluding hydrogens is 477 g/mol. The minimum atomic E-state index is -0.412. The molecule has 0 bridgehead atoms. The molecule has 0 radical (unpaired) electrons. The summed E-state index contributed by atoms with van der Waals surface area (Å²) in [5.41, 5.74) is 1.27. The van der Waals surface area contributed by atoms with Crippen LogP contribution in [0.5, 0.6) is 0 Å². The SMILES string of the molecule is CN=C(NCC(=O)Nc1cccc(F)c1)NCC1(c2cccc(F)c2)CC1.I. The minimum absolute atomic E-state index is 0. The van der Waals surface area contributed by atoms with Crippen LogP contribution in [0.4, 0.5) is 14.5 Å². The summed E-state index contributed by atoms with van der Waals surface area (Å²) in [5, 5.41) is 8.73. The summed E-state index contributed by atoms with van der Waals surface area (Å²) in [6.07, 6.45) is 1.95. The molecule has 0 spiro atoms. The van der Waals surface area contributed by atoms with E-state index in [0.717, 1.165) is 18.4 Å². The molecule has 0 unspecified atom stereocenters. The molecule has 0 saturated heterocycles. The van der Waals surface area contributed by atoms with E-state index < -0.39 is 5.82 Å². The molecule has 1 fully saturated rings. The Hall–Kier alpha value is -2.23. The fourth-order valence-electron chi connectivity index (χ4n) is 2.95. The monoisotopic (exact) mass is 500 g/mol. The Bertz CT molecular complexity index is 856. The third kappa shape index (κ3) is 5.88. The number of carbonyl (C=O) groups is 1. The normalized spacial score (nSPS) is 14.6. The Morgan fingerprint density at radius 3 is 2.36 bits per heavy atom. The van der Waals surface area contributed by atoms with E-state index in [4.69, 9.17) is 0 Å². The number of aliphatic imine (C=N–C) groups is 1. The molecule has 8 heteroatoms. The molecule has 150 valence electrons. The van der Waals surface area contributed by atoms with Crippen molar-refractivity contribution in [3.8, 4) is 0 Å². The van der Waals surface area contributed by atoms with Crippen LogP contribution in [0.3, 0.4) is 0 Å². The Kier molecular flexibility index (Phi) is 7.73. The maximum atomic E-state index is 13.5. The van der Waals surface area contributed by atoms with Gasteiger partial charge < -0.3 is 16.0 Å². The number of nitrogens with one attached hydrogen (secondary N) is 3. The summed E-state index contributed by atoms with van der Waals surface area (Å²) in [4.78, 5) is 16.1. The second-order valence-corrected chi connectivity index (χ2v) is 6.63. The number of nitrogens with zero attached hydrogens (tertiary/aromatic N) is 1. The summed E-state index contributed by atoms with van der Waals surface area (Å²) in [6, 6.07) is 12.4. The average molecular weight is 500 g/mol. The summed E-state index contributed by atoms with van der Waals surface area (Å²) < 4.78 is 26.6. The predicted molar refractivity (Wildman–Crippen MR) is 117 cm³/mol. The van der Waals surface area contributed by atoms with Crippen LogP contribution in [0.1, 0.15) is 18.4 Å². The zero-order valence-corrected chi connectivity index (χ0v) is 17.8. The van der Waals surface area contributed by atoms with Crippen molar-refractivity contribution >= 4 is 41.5 Å². The van der Waals surface area contributed by atoms with E-state index in [0.29, 0.717) is 18.2 Å². The molecule has 1 saturated carbocycles. The number of guanidine groups is 1. The molecule has 3 rings (SSSR count). The molecule has 2 aromatic rings. The van der Waals surface area contributed by atoms with Crippen molar-refractivity contribution in [3.63, 3.8) is 0 Å². The van der Waals surface area contributed by atoms with Crippen LogP contribution in [0.15, 0.2) is 53.5 Å². The van der Waals surface area contributed by atoms with Crippen molar-refractivity contribution < 1.29 is 13.6 Å². The van der Waals surface area contributed by atoms with Crippen LogP contribution in [0.2, 0.25) is 0 Å². The van der Waals surface area contributed by atoms with Crippen molar-refractivity contribution in [2.24, 2.45) is 4.99 Å². The first-order valence-electron chi connectivity index (χ1n) is 8.77. The van der Waals surface area contributed by atoms with Crippen LogP contribution in [0, 0.1) is 11.6 Å². The molecule has 1 aliphatic carbocycles. The highest BCUT2D eigenvalue weighted by molar-refractivity contribution is 14.0. The van der Waals surface area contributed by atoms with Gasteiger partial charge in [0.2, 0.25) is 5.91 Å². The largest absolute Gasteiger partial charge is 0.356 e. The molecule has 3 N–H and O–H groups in total. The van der Waals surface area contributed by atoms with Crippen LogP contribution in [0.25, 0.3) is 0 Å². The van der Waals surface area contributed by atoms with Crippen LogP contribution >= 0.6 is 24.0 Å². The molecule has 28 heavy (non-hydrogen) atoms. The fraction of sp³-hybridized carbons (Fsp3) is 0.300. The molecule has 0 heterocycles. The van der Waals surface area contributed by atoms with E-state index in [2.05, 4.69) is 20.9 Å². The average Bonchev–Trinajstić information content (AvgIpc) is 3.43. The van der Waals surface area contributed by atoms with Gasteiger partial charge in [-0.3, -0.25) is 9.79 Å². The van der Waals surface area contributed by atoms with Crippen molar-refractivity contribution in [3.05, 3.63) is 65.7 Å². The van der Waals surface area contributed by atoms with E-state index in [1.165, 1.54) is 24.3 Å². The number of amides is 1. The van der Waals surface area contributed by atoms with Gasteiger partial charge in [0.15, 0.2) is 5.96 Å². The topological polar surface area (TPSA) is 65.5 Å². The second-order valence-electron chi connectivity index (χ2n) is 6.63. The smallest absolute Gasteiger partial charge is 0.243 e. The zero-order chi connectivity index (χ0) is 19.3. The Labute approximate surface area is 180 Å². The van der Waals surface area contributed by atoms with Gasteiger partial charge in [-0.15, -0.1) is 24.0 Å². The van der Waals surface area contributed by atoms with Crippen molar-refractivity contribution in [1.29, 1.82) is 0 Å². The molecule has 1 aliphatic rings. The molecule has 2 aromatic carbocycles. The molecule has 0 aliphatic heterocycles. The van der Waals surface area contributed by atoms with Gasteiger partial charge >= 0.3 is 0 Å². The first kappa shape index (κ1) is 22.1. The van der Waals surface area contributed by atoms with Gasteiger partial charge in [-0.2, -0.15) is 0 Å². The number of rotatable bonds is 6. The number of hydrogen-bond donors (Lipinski definition) is 3. The van der Waals surface area contributed by atoms with Crippen LogP contribution in [-0.4, -0.2) is 32.0 Å². The molecule has 0 atom stereocenters. The van der Waals surface area contributed by atoms with E-state index in [1.807, 2.05) is 6.07 Å². The van der Waals surface area contributed by atoms with Crippen molar-refractivity contribution in [2.75, 3.05) is 25.5 Å². The van der Waals surface area contributed by atoms with Gasteiger partial charge in [0.25, 0.3) is 0 Å². The van der Waals surface area contributed by atoms with E-state index in [1.54, 1.807) is 25.2 Å². The maximum absolute atomic E-state index is 13.5. The summed E-state index contributed by atoms with van der Waals surface area (Å²) >= 11 is 0. The number of benzene rings is 2. The third-order valence-corrected chi connectivity index (χ3v) is 4.63. The van der Waals surface area contributed by atoms with Gasteiger partial charge in [0.1, 0.15) is 11.6 Å². The van der Waals surface area contributed by atoms with Crippen molar-refractivity contribution in [2.45, 2.75) is 18.3 Å². The second kappa shape index (κ2) is 9.81. The molecular formula is C20H23F2IN4O. The molecule has 5 nitrogen and oxygen atoms in total. The van der Waals surface area contributed by atoms with Gasteiger partial charge in [-0.25, -0.2) is 8.78 Å². The Morgan fingerprint density at radius 2 is 1.75 bits per heavy atom. The number of anilines is 1. The first-order chi connectivity index (χ1) is 13.0. The van der Waals surface area contributed by atoms with Gasteiger partial charge in [-0.05, 0) is 48.7 Å². The lowest BCUT2D eigenvalue weighted by Gasteiger charge is -2.19. The highest BCUT2D eigenvalue weighted by Crippen LogP contribution is 2.47. The highest BCUT2D eigenvalue weighted by Gasteiger charge is 2.44.